The molecule has 1 unspecified atom stereocenters. The molecule has 0 saturated heterocycles. The van der Waals surface area contributed by atoms with Crippen molar-refractivity contribution in [3.8, 4) is 0 Å². The van der Waals surface area contributed by atoms with Crippen molar-refractivity contribution in [2.24, 2.45) is 7.05 Å². The Morgan fingerprint density at radius 3 is 2.75 bits per heavy atom. The van der Waals surface area contributed by atoms with Crippen LogP contribution in [-0.2, 0) is 7.05 Å². The van der Waals surface area contributed by atoms with Crippen LogP contribution in [0.15, 0.2) is 18.9 Å². The van der Waals surface area contributed by atoms with Crippen LogP contribution in [0, 0.1) is 6.92 Å². The van der Waals surface area contributed by atoms with Crippen LogP contribution in [-0.4, -0.2) is 16.8 Å². The minimum Gasteiger partial charge on any atom is -0.310 e. The fourth-order valence-electron chi connectivity index (χ4n) is 1.22. The molecule has 0 spiro atoms. The topological polar surface area (TPSA) is 29.9 Å². The second-order valence-electron chi connectivity index (χ2n) is 2.81. The van der Waals surface area contributed by atoms with Crippen molar-refractivity contribution in [1.82, 2.24) is 15.1 Å². The van der Waals surface area contributed by atoms with E-state index in [0.717, 1.165) is 0 Å². The van der Waals surface area contributed by atoms with E-state index in [9.17, 15) is 0 Å². The maximum absolute atomic E-state index is 4.16. The van der Waals surface area contributed by atoms with E-state index in [0.29, 0.717) is 0 Å². The van der Waals surface area contributed by atoms with Crippen LogP contribution >= 0.6 is 0 Å². The minimum atomic E-state index is 0.207. The van der Waals surface area contributed by atoms with Crippen molar-refractivity contribution in [2.45, 2.75) is 13.0 Å². The number of hydrogen-bond donors (Lipinski definition) is 1. The van der Waals surface area contributed by atoms with Crippen molar-refractivity contribution in [3.05, 3.63) is 30.1 Å². The highest BCUT2D eigenvalue weighted by atomic mass is 15.3. The first kappa shape index (κ1) is 9.00. The molecule has 1 atom stereocenters. The molecule has 1 rings (SSSR count). The molecule has 0 aromatic carbocycles. The number of likely N-dealkylation sites (N-methyl/N-ethyl adjacent to an activating group) is 1. The van der Waals surface area contributed by atoms with E-state index >= 15 is 0 Å². The summed E-state index contributed by atoms with van der Waals surface area (Å²) in [6.07, 6.45) is 3.75. The van der Waals surface area contributed by atoms with E-state index < -0.39 is 0 Å². The average Bonchev–Trinajstić information content (AvgIpc) is 2.38. The van der Waals surface area contributed by atoms with Gasteiger partial charge in [-0.2, -0.15) is 5.10 Å². The average molecular weight is 165 g/mol. The van der Waals surface area contributed by atoms with E-state index in [2.05, 4.69) is 23.9 Å². The highest BCUT2D eigenvalue weighted by Gasteiger charge is 2.10. The Labute approximate surface area is 73.1 Å². The van der Waals surface area contributed by atoms with Gasteiger partial charge in [-0.1, -0.05) is 6.08 Å². The third-order valence-corrected chi connectivity index (χ3v) is 2.15. The Morgan fingerprint density at radius 2 is 2.42 bits per heavy atom. The minimum absolute atomic E-state index is 0.207. The van der Waals surface area contributed by atoms with Gasteiger partial charge in [0.15, 0.2) is 0 Å². The van der Waals surface area contributed by atoms with Crippen LogP contribution in [0.4, 0.5) is 0 Å². The van der Waals surface area contributed by atoms with Gasteiger partial charge in [-0.3, -0.25) is 4.68 Å². The number of hydrogen-bond acceptors (Lipinski definition) is 2. The molecule has 12 heavy (non-hydrogen) atoms. The lowest BCUT2D eigenvalue weighted by molar-refractivity contribution is 0.698. The van der Waals surface area contributed by atoms with Gasteiger partial charge in [0.1, 0.15) is 0 Å². The third-order valence-electron chi connectivity index (χ3n) is 2.15. The van der Waals surface area contributed by atoms with Gasteiger partial charge in [-0.25, -0.2) is 0 Å². The first-order chi connectivity index (χ1) is 5.70. The quantitative estimate of drug-likeness (QED) is 0.681. The molecule has 0 saturated carbocycles. The molecule has 0 amide bonds. The molecule has 0 fully saturated rings. The fourth-order valence-corrected chi connectivity index (χ4v) is 1.22. The molecular weight excluding hydrogens is 150 g/mol. The summed E-state index contributed by atoms with van der Waals surface area (Å²) in [5, 5.41) is 7.31. The highest BCUT2D eigenvalue weighted by Crippen LogP contribution is 2.16. The smallest absolute Gasteiger partial charge is 0.0543 e. The Balaban J connectivity index is 3.00. The Morgan fingerprint density at radius 1 is 1.75 bits per heavy atom. The summed E-state index contributed by atoms with van der Waals surface area (Å²) in [5.74, 6) is 0. The second kappa shape index (κ2) is 3.54. The van der Waals surface area contributed by atoms with Crippen molar-refractivity contribution in [2.75, 3.05) is 7.05 Å². The van der Waals surface area contributed by atoms with Crippen LogP contribution in [0.5, 0.6) is 0 Å². The van der Waals surface area contributed by atoms with Gasteiger partial charge in [-0.05, 0) is 14.0 Å². The summed E-state index contributed by atoms with van der Waals surface area (Å²) < 4.78 is 1.86. The molecule has 0 aliphatic carbocycles. The monoisotopic (exact) mass is 165 g/mol. The van der Waals surface area contributed by atoms with Crippen molar-refractivity contribution in [3.63, 3.8) is 0 Å². The molecule has 66 valence electrons. The van der Waals surface area contributed by atoms with Crippen LogP contribution in [0.25, 0.3) is 0 Å². The summed E-state index contributed by atoms with van der Waals surface area (Å²) in [7, 11) is 3.85. The summed E-state index contributed by atoms with van der Waals surface area (Å²) >= 11 is 0. The lowest BCUT2D eigenvalue weighted by atomic mass is 10.1. The predicted molar refractivity (Wildman–Crippen MR) is 49.9 cm³/mol. The Hall–Kier alpha value is -1.09. The van der Waals surface area contributed by atoms with Crippen molar-refractivity contribution in [1.29, 1.82) is 0 Å². The number of nitrogens with zero attached hydrogens (tertiary/aromatic N) is 2. The van der Waals surface area contributed by atoms with E-state index in [1.54, 1.807) is 0 Å². The van der Waals surface area contributed by atoms with E-state index in [1.807, 2.05) is 31.1 Å². The zero-order valence-corrected chi connectivity index (χ0v) is 7.83. The van der Waals surface area contributed by atoms with Gasteiger partial charge in [-0.15, -0.1) is 6.58 Å². The number of aryl methyl sites for hydroxylation is 1. The summed E-state index contributed by atoms with van der Waals surface area (Å²) in [6, 6.07) is 0.207. The standard InChI is InChI=1S/C9H15N3/c1-5-9(10-3)8-6-11-12(4)7(8)2/h5-6,9-10H,1H2,2-4H3. The third kappa shape index (κ3) is 1.41. The molecule has 0 bridgehead atoms. The summed E-state index contributed by atoms with van der Waals surface area (Å²) in [4.78, 5) is 0. The lowest BCUT2D eigenvalue weighted by Crippen LogP contribution is -2.14. The van der Waals surface area contributed by atoms with E-state index in [1.165, 1.54) is 11.3 Å². The largest absolute Gasteiger partial charge is 0.310 e. The molecule has 1 heterocycles. The van der Waals surface area contributed by atoms with E-state index in [4.69, 9.17) is 0 Å². The van der Waals surface area contributed by atoms with Gasteiger partial charge in [0.25, 0.3) is 0 Å². The molecule has 1 aromatic heterocycles. The maximum atomic E-state index is 4.16. The molecule has 3 nitrogen and oxygen atoms in total. The number of rotatable bonds is 3. The van der Waals surface area contributed by atoms with Gasteiger partial charge in [0.05, 0.1) is 12.2 Å². The zero-order chi connectivity index (χ0) is 9.14. The Bertz CT molecular complexity index is 275. The highest BCUT2D eigenvalue weighted by molar-refractivity contribution is 5.23. The number of nitrogens with one attached hydrogen (secondary N) is 1. The molecule has 0 radical (unpaired) electrons. The lowest BCUT2D eigenvalue weighted by Gasteiger charge is -2.09. The normalized spacial score (nSPS) is 12.9. The van der Waals surface area contributed by atoms with Crippen LogP contribution in [0.1, 0.15) is 17.3 Å². The van der Waals surface area contributed by atoms with Crippen molar-refractivity contribution < 1.29 is 0 Å². The zero-order valence-electron chi connectivity index (χ0n) is 7.83. The first-order valence-corrected chi connectivity index (χ1v) is 3.99. The second-order valence-corrected chi connectivity index (χ2v) is 2.81. The van der Waals surface area contributed by atoms with Crippen LogP contribution in [0.3, 0.4) is 0 Å². The first-order valence-electron chi connectivity index (χ1n) is 3.99. The molecule has 0 aliphatic heterocycles. The Kier molecular flexibility index (Phi) is 2.65. The fraction of sp³-hybridized carbons (Fsp3) is 0.444. The molecule has 1 N–H and O–H groups in total. The van der Waals surface area contributed by atoms with Crippen molar-refractivity contribution >= 4 is 0 Å². The van der Waals surface area contributed by atoms with Crippen LogP contribution in [0.2, 0.25) is 0 Å². The summed E-state index contributed by atoms with van der Waals surface area (Å²) in [6.45, 7) is 5.81. The van der Waals surface area contributed by atoms with Gasteiger partial charge in [0, 0.05) is 18.3 Å². The van der Waals surface area contributed by atoms with Gasteiger partial charge >= 0.3 is 0 Å². The SMILES string of the molecule is C=CC(NC)c1cnn(C)c1C. The van der Waals surface area contributed by atoms with Gasteiger partial charge in [0.2, 0.25) is 0 Å². The van der Waals surface area contributed by atoms with Crippen LogP contribution < -0.4 is 5.32 Å². The number of aromatic nitrogens is 2. The van der Waals surface area contributed by atoms with Gasteiger partial charge < -0.3 is 5.32 Å². The predicted octanol–water partition coefficient (Wildman–Crippen LogP) is 1.18. The molecule has 0 aliphatic rings. The molecule has 1 aromatic rings. The summed E-state index contributed by atoms with van der Waals surface area (Å²) in [5.41, 5.74) is 2.37. The maximum Gasteiger partial charge on any atom is 0.0543 e. The van der Waals surface area contributed by atoms with E-state index in [-0.39, 0.29) is 6.04 Å². The molecule has 3 heteroatoms. The molecular formula is C9H15N3.